The van der Waals surface area contributed by atoms with Gasteiger partial charge in [-0.1, -0.05) is 24.3 Å². The van der Waals surface area contributed by atoms with Gasteiger partial charge in [0.05, 0.1) is 0 Å². The summed E-state index contributed by atoms with van der Waals surface area (Å²) in [7, 11) is 0. The van der Waals surface area contributed by atoms with Crippen LogP contribution in [0.15, 0.2) is 24.3 Å². The monoisotopic (exact) mass is 257 g/mol. The highest BCUT2D eigenvalue weighted by molar-refractivity contribution is 6.27. The predicted octanol–water partition coefficient (Wildman–Crippen LogP) is 1.43. The molecule has 0 N–H and O–H groups in total. The number of Topliss-reactive ketones (excluding diaryl/α,β-unsaturated/α-hetero) is 2. The number of benzene rings is 1. The van der Waals surface area contributed by atoms with E-state index in [1.54, 1.807) is 0 Å². The first-order chi connectivity index (χ1) is 9.20. The number of carbonyl (C=O) groups excluding carboxylic acids is 3. The maximum atomic E-state index is 11.9. The van der Waals surface area contributed by atoms with Gasteiger partial charge in [0.25, 0.3) is 0 Å². The molecule has 4 nitrogen and oxygen atoms in total. The summed E-state index contributed by atoms with van der Waals surface area (Å²) < 4.78 is 0. The lowest BCUT2D eigenvalue weighted by atomic mass is 10.0. The summed E-state index contributed by atoms with van der Waals surface area (Å²) in [5.74, 6) is -0.164. The molecular weight excluding hydrogens is 242 g/mol. The number of carbonyl (C=O) groups is 3. The summed E-state index contributed by atoms with van der Waals surface area (Å²) in [6.07, 6.45) is 2.27. The number of hydrogen-bond donors (Lipinski definition) is 0. The number of ketones is 2. The Morgan fingerprint density at radius 1 is 1.32 bits per heavy atom. The van der Waals surface area contributed by atoms with Crippen molar-refractivity contribution in [2.24, 2.45) is 0 Å². The topological polar surface area (TPSA) is 54.5 Å². The van der Waals surface area contributed by atoms with Crippen molar-refractivity contribution in [3.05, 3.63) is 35.4 Å². The van der Waals surface area contributed by atoms with Crippen LogP contribution >= 0.6 is 0 Å². The Morgan fingerprint density at radius 2 is 2.11 bits per heavy atom. The van der Waals surface area contributed by atoms with Crippen LogP contribution in [0.25, 0.3) is 0 Å². The van der Waals surface area contributed by atoms with E-state index in [9.17, 15) is 14.4 Å². The van der Waals surface area contributed by atoms with Crippen LogP contribution in [0, 0.1) is 0 Å². The summed E-state index contributed by atoms with van der Waals surface area (Å²) in [4.78, 5) is 36.3. The zero-order valence-corrected chi connectivity index (χ0v) is 10.5. The molecule has 2 atom stereocenters. The first kappa shape index (κ1) is 12.2. The van der Waals surface area contributed by atoms with Crippen molar-refractivity contribution in [3.63, 3.8) is 0 Å². The normalized spacial score (nSPS) is 26.4. The molecule has 1 heterocycles. The van der Waals surface area contributed by atoms with E-state index in [1.807, 2.05) is 29.2 Å². The van der Waals surface area contributed by atoms with Gasteiger partial charge in [-0.15, -0.1) is 0 Å². The van der Waals surface area contributed by atoms with Crippen LogP contribution < -0.4 is 0 Å². The molecule has 1 aromatic rings. The van der Waals surface area contributed by atoms with Gasteiger partial charge in [-0.2, -0.15) is 0 Å². The molecule has 0 radical (unpaired) electrons. The maximum absolute atomic E-state index is 11.9. The summed E-state index contributed by atoms with van der Waals surface area (Å²) in [5, 5.41) is 0. The van der Waals surface area contributed by atoms with Crippen molar-refractivity contribution < 1.29 is 14.4 Å². The van der Waals surface area contributed by atoms with Crippen LogP contribution in [0.4, 0.5) is 0 Å². The third-order valence-electron chi connectivity index (χ3n) is 4.11. The molecule has 1 aliphatic carbocycles. The van der Waals surface area contributed by atoms with Gasteiger partial charge in [-0.25, -0.2) is 0 Å². The maximum Gasteiger partial charge on any atom is 0.216 e. The summed E-state index contributed by atoms with van der Waals surface area (Å²) in [5.41, 5.74) is 2.00. The van der Waals surface area contributed by atoms with Crippen molar-refractivity contribution in [2.75, 3.05) is 0 Å². The molecule has 2 aliphatic rings. The molecule has 0 bridgehead atoms. The van der Waals surface area contributed by atoms with Crippen LogP contribution in [0.2, 0.25) is 0 Å². The first-order valence-electron chi connectivity index (χ1n) is 6.55. The number of fused-ring (bicyclic) bond motifs is 1. The molecule has 1 fully saturated rings. The van der Waals surface area contributed by atoms with Gasteiger partial charge in [0.1, 0.15) is 11.8 Å². The Bertz CT molecular complexity index is 552. The molecule has 4 heteroatoms. The van der Waals surface area contributed by atoms with Gasteiger partial charge in [0.2, 0.25) is 5.78 Å². The molecule has 0 amide bonds. The molecule has 3 rings (SSSR count). The molecule has 1 saturated carbocycles. The van der Waals surface area contributed by atoms with E-state index in [1.165, 1.54) is 0 Å². The van der Waals surface area contributed by atoms with Gasteiger partial charge in [-0.05, 0) is 17.5 Å². The van der Waals surface area contributed by atoms with E-state index in [4.69, 9.17) is 0 Å². The first-order valence-corrected chi connectivity index (χ1v) is 6.55. The largest absolute Gasteiger partial charge is 0.300 e. The highest BCUT2D eigenvalue weighted by Crippen LogP contribution is 2.38. The predicted molar refractivity (Wildman–Crippen MR) is 68.4 cm³/mol. The number of nitrogens with zero attached hydrogens (tertiary/aromatic N) is 1. The SMILES string of the molecule is O=CC(=O)C1c2ccccc2CN1C1CCC(=O)C1. The number of rotatable bonds is 3. The van der Waals surface area contributed by atoms with Gasteiger partial charge in [0.15, 0.2) is 6.29 Å². The minimum Gasteiger partial charge on any atom is -0.300 e. The Balaban J connectivity index is 1.95. The molecule has 0 saturated heterocycles. The zero-order chi connectivity index (χ0) is 13.4. The molecule has 19 heavy (non-hydrogen) atoms. The van der Waals surface area contributed by atoms with Gasteiger partial charge in [0, 0.05) is 25.4 Å². The number of hydrogen-bond acceptors (Lipinski definition) is 4. The Labute approximate surface area is 111 Å². The van der Waals surface area contributed by atoms with E-state index < -0.39 is 11.8 Å². The average Bonchev–Trinajstić information content (AvgIpc) is 3.01. The van der Waals surface area contributed by atoms with Gasteiger partial charge < -0.3 is 0 Å². The molecule has 98 valence electrons. The number of aldehydes is 1. The average molecular weight is 257 g/mol. The van der Waals surface area contributed by atoms with Crippen LogP contribution in [0.5, 0.6) is 0 Å². The highest BCUT2D eigenvalue weighted by Gasteiger charge is 2.40. The lowest BCUT2D eigenvalue weighted by molar-refractivity contribution is -0.134. The Hall–Kier alpha value is -1.81. The second-order valence-electron chi connectivity index (χ2n) is 5.23. The smallest absolute Gasteiger partial charge is 0.216 e. The van der Waals surface area contributed by atoms with Crippen LogP contribution in [0.1, 0.15) is 36.4 Å². The Kier molecular flexibility index (Phi) is 3.03. The van der Waals surface area contributed by atoms with E-state index in [0.717, 1.165) is 17.5 Å². The van der Waals surface area contributed by atoms with E-state index in [0.29, 0.717) is 25.7 Å². The minimum absolute atomic E-state index is 0.0915. The molecule has 0 aromatic heterocycles. The molecular formula is C15H15NO3. The third kappa shape index (κ3) is 2.02. The van der Waals surface area contributed by atoms with E-state index >= 15 is 0 Å². The highest BCUT2D eigenvalue weighted by atomic mass is 16.2. The molecule has 1 aromatic carbocycles. The second-order valence-corrected chi connectivity index (χ2v) is 5.23. The third-order valence-corrected chi connectivity index (χ3v) is 4.11. The molecule has 1 aliphatic heterocycles. The summed E-state index contributed by atoms with van der Waals surface area (Å²) >= 11 is 0. The lowest BCUT2D eigenvalue weighted by Crippen LogP contribution is -2.36. The summed E-state index contributed by atoms with van der Waals surface area (Å²) in [6.45, 7) is 0.651. The second kappa shape index (κ2) is 4.70. The van der Waals surface area contributed by atoms with Gasteiger partial charge in [-0.3, -0.25) is 19.3 Å². The summed E-state index contributed by atoms with van der Waals surface area (Å²) in [6, 6.07) is 7.30. The van der Waals surface area contributed by atoms with Crippen LogP contribution in [0.3, 0.4) is 0 Å². The van der Waals surface area contributed by atoms with Gasteiger partial charge >= 0.3 is 0 Å². The quantitative estimate of drug-likeness (QED) is 0.607. The van der Waals surface area contributed by atoms with Crippen molar-refractivity contribution in [1.29, 1.82) is 0 Å². The van der Waals surface area contributed by atoms with Crippen molar-refractivity contribution in [2.45, 2.75) is 37.9 Å². The zero-order valence-electron chi connectivity index (χ0n) is 10.5. The van der Waals surface area contributed by atoms with Crippen molar-refractivity contribution in [3.8, 4) is 0 Å². The fourth-order valence-electron chi connectivity index (χ4n) is 3.21. The lowest BCUT2D eigenvalue weighted by Gasteiger charge is -2.28. The van der Waals surface area contributed by atoms with Crippen molar-refractivity contribution in [1.82, 2.24) is 4.90 Å². The van der Waals surface area contributed by atoms with E-state index in [-0.39, 0.29) is 11.8 Å². The minimum atomic E-state index is -0.496. The Morgan fingerprint density at radius 3 is 2.79 bits per heavy atom. The van der Waals surface area contributed by atoms with Crippen LogP contribution in [-0.4, -0.2) is 28.8 Å². The fraction of sp³-hybridized carbons (Fsp3) is 0.400. The standard InChI is InChI=1S/C15H15NO3/c17-9-14(19)15-13-4-2-1-3-10(13)8-16(15)11-5-6-12(18)7-11/h1-4,9,11,15H,5-8H2. The fourth-order valence-corrected chi connectivity index (χ4v) is 3.21. The van der Waals surface area contributed by atoms with Crippen molar-refractivity contribution >= 4 is 17.9 Å². The molecule has 0 spiro atoms. The van der Waals surface area contributed by atoms with Crippen LogP contribution in [-0.2, 0) is 20.9 Å². The van der Waals surface area contributed by atoms with E-state index in [2.05, 4.69) is 0 Å². The molecule has 2 unspecified atom stereocenters.